The molecule has 0 amide bonds. The van der Waals surface area contributed by atoms with E-state index in [1.54, 1.807) is 0 Å². The maximum absolute atomic E-state index is 11.5. The van der Waals surface area contributed by atoms with Crippen LogP contribution in [0.15, 0.2) is 0 Å². The van der Waals surface area contributed by atoms with Crippen LogP contribution in [0.3, 0.4) is 0 Å². The van der Waals surface area contributed by atoms with E-state index >= 15 is 0 Å². The second-order valence-corrected chi connectivity index (χ2v) is 12.1. The first-order chi connectivity index (χ1) is 20.4. The molecule has 0 aromatic heterocycles. The van der Waals surface area contributed by atoms with E-state index in [1.165, 1.54) is 122 Å². The summed E-state index contributed by atoms with van der Waals surface area (Å²) in [4.78, 5) is 11.5. The lowest BCUT2D eigenvalue weighted by atomic mass is 9.99. The maximum atomic E-state index is 11.5. The number of aliphatic hydroxyl groups is 4. The highest BCUT2D eigenvalue weighted by atomic mass is 16.7. The van der Waals surface area contributed by atoms with Crippen molar-refractivity contribution in [3.63, 3.8) is 0 Å². The summed E-state index contributed by atoms with van der Waals surface area (Å²) in [6.45, 7) is 3.59. The van der Waals surface area contributed by atoms with Gasteiger partial charge in [0.2, 0.25) is 0 Å². The van der Waals surface area contributed by atoms with Crippen molar-refractivity contribution in [3.05, 3.63) is 0 Å². The molecule has 0 radical (unpaired) electrons. The Balaban J connectivity index is 1.95. The van der Waals surface area contributed by atoms with Gasteiger partial charge in [0.05, 0.1) is 19.8 Å². The van der Waals surface area contributed by atoms with Gasteiger partial charge in [0.1, 0.15) is 30.5 Å². The third-order valence-electron chi connectivity index (χ3n) is 8.07. The van der Waals surface area contributed by atoms with E-state index < -0.39 is 49.4 Å². The monoisotopic (exact) mass is 604 g/mol. The predicted octanol–water partition coefficient (Wildman–Crippen LogP) is 5.57. The molecule has 6 atom stereocenters. The van der Waals surface area contributed by atoms with Crippen LogP contribution in [-0.2, 0) is 23.7 Å². The first-order valence-corrected chi connectivity index (χ1v) is 17.1. The molecule has 1 saturated heterocycles. The molecule has 4 N–H and O–H groups in total. The van der Waals surface area contributed by atoms with Crippen LogP contribution in [0.2, 0.25) is 0 Å². The van der Waals surface area contributed by atoms with Gasteiger partial charge in [-0.05, 0) is 6.42 Å². The molecule has 6 unspecified atom stereocenters. The van der Waals surface area contributed by atoms with Gasteiger partial charge in [-0.25, -0.2) is 0 Å². The molecule has 0 aliphatic carbocycles. The zero-order chi connectivity index (χ0) is 30.8. The molecule has 1 fully saturated rings. The smallest absolute Gasteiger partial charge is 0.303 e. The Kier molecular flexibility index (Phi) is 24.8. The van der Waals surface area contributed by atoms with E-state index in [9.17, 15) is 25.2 Å². The van der Waals surface area contributed by atoms with E-state index in [4.69, 9.17) is 18.9 Å². The second kappa shape index (κ2) is 26.6. The van der Waals surface area contributed by atoms with E-state index in [1.807, 2.05) is 0 Å². The summed E-state index contributed by atoms with van der Waals surface area (Å²) >= 11 is 0. The molecule has 0 bridgehead atoms. The third-order valence-corrected chi connectivity index (χ3v) is 8.07. The Hall–Kier alpha value is -0.810. The molecule has 1 aliphatic rings. The molecule has 9 heteroatoms. The number of hydrogen-bond acceptors (Lipinski definition) is 9. The van der Waals surface area contributed by atoms with Gasteiger partial charge in [0, 0.05) is 13.5 Å². The quantitative estimate of drug-likeness (QED) is 0.0667. The summed E-state index contributed by atoms with van der Waals surface area (Å²) in [5, 5.41) is 39.2. The SMILES string of the molecule is CCCCCCCCCCCCCCCCCCCCCCOCC(COC1OC(CO)C(O)C(O)C1O)OC(C)=O. The van der Waals surface area contributed by atoms with Gasteiger partial charge in [-0.3, -0.25) is 4.79 Å². The Morgan fingerprint density at radius 1 is 0.667 bits per heavy atom. The van der Waals surface area contributed by atoms with Gasteiger partial charge in [-0.15, -0.1) is 0 Å². The van der Waals surface area contributed by atoms with Crippen LogP contribution in [0, 0.1) is 0 Å². The van der Waals surface area contributed by atoms with Crippen LogP contribution in [0.4, 0.5) is 0 Å². The predicted molar refractivity (Wildman–Crippen MR) is 164 cm³/mol. The van der Waals surface area contributed by atoms with Crippen molar-refractivity contribution in [1.82, 2.24) is 0 Å². The fraction of sp³-hybridized carbons (Fsp3) is 0.970. The first kappa shape index (κ1) is 39.2. The molecule has 1 aliphatic heterocycles. The minimum absolute atomic E-state index is 0.123. The number of hydrogen-bond donors (Lipinski definition) is 4. The summed E-state index contributed by atoms with van der Waals surface area (Å²) in [5.41, 5.74) is 0. The Labute approximate surface area is 255 Å². The van der Waals surface area contributed by atoms with E-state index in [0.717, 1.165) is 12.8 Å². The van der Waals surface area contributed by atoms with Crippen molar-refractivity contribution in [3.8, 4) is 0 Å². The maximum Gasteiger partial charge on any atom is 0.303 e. The summed E-state index contributed by atoms with van der Waals surface area (Å²) in [6, 6.07) is 0. The summed E-state index contributed by atoms with van der Waals surface area (Å²) < 4.78 is 21.8. The third kappa shape index (κ3) is 19.5. The van der Waals surface area contributed by atoms with Gasteiger partial charge in [0.25, 0.3) is 0 Å². The lowest BCUT2D eigenvalue weighted by molar-refractivity contribution is -0.305. The van der Waals surface area contributed by atoms with E-state index in [2.05, 4.69) is 6.92 Å². The van der Waals surface area contributed by atoms with Gasteiger partial charge < -0.3 is 39.4 Å². The normalized spacial score (nSPS) is 23.2. The summed E-state index contributed by atoms with van der Waals surface area (Å²) in [5.74, 6) is -0.486. The number of rotatable bonds is 28. The van der Waals surface area contributed by atoms with Crippen LogP contribution >= 0.6 is 0 Å². The van der Waals surface area contributed by atoms with Gasteiger partial charge in [-0.2, -0.15) is 0 Å². The number of unbranched alkanes of at least 4 members (excludes halogenated alkanes) is 19. The number of carbonyl (C=O) groups is 1. The molecule has 1 heterocycles. The van der Waals surface area contributed by atoms with E-state index in [-0.39, 0.29) is 13.2 Å². The van der Waals surface area contributed by atoms with Crippen LogP contribution in [-0.4, -0.2) is 89.6 Å². The van der Waals surface area contributed by atoms with Crippen molar-refractivity contribution in [2.45, 2.75) is 179 Å². The van der Waals surface area contributed by atoms with Crippen molar-refractivity contribution >= 4 is 5.97 Å². The van der Waals surface area contributed by atoms with Crippen LogP contribution in [0.5, 0.6) is 0 Å². The minimum Gasteiger partial charge on any atom is -0.458 e. The molecule has 9 nitrogen and oxygen atoms in total. The number of esters is 1. The van der Waals surface area contributed by atoms with Crippen LogP contribution < -0.4 is 0 Å². The summed E-state index contributed by atoms with van der Waals surface area (Å²) in [7, 11) is 0. The second-order valence-electron chi connectivity index (χ2n) is 12.1. The molecule has 0 aromatic carbocycles. The van der Waals surface area contributed by atoms with Crippen molar-refractivity contribution in [2.75, 3.05) is 26.4 Å². The average Bonchev–Trinajstić information content (AvgIpc) is 2.97. The molecule has 1 rings (SSSR count). The van der Waals surface area contributed by atoms with Crippen molar-refractivity contribution in [1.29, 1.82) is 0 Å². The highest BCUT2D eigenvalue weighted by molar-refractivity contribution is 5.66. The fourth-order valence-corrected chi connectivity index (χ4v) is 5.43. The lowest BCUT2D eigenvalue weighted by Crippen LogP contribution is -2.59. The molecule has 0 spiro atoms. The highest BCUT2D eigenvalue weighted by Crippen LogP contribution is 2.22. The fourth-order valence-electron chi connectivity index (χ4n) is 5.43. The van der Waals surface area contributed by atoms with Gasteiger partial charge >= 0.3 is 5.97 Å². The highest BCUT2D eigenvalue weighted by Gasteiger charge is 2.44. The molecular weight excluding hydrogens is 540 g/mol. The molecule has 42 heavy (non-hydrogen) atoms. The number of aliphatic hydroxyl groups excluding tert-OH is 4. The van der Waals surface area contributed by atoms with Gasteiger partial charge in [0.15, 0.2) is 6.29 Å². The van der Waals surface area contributed by atoms with Crippen molar-refractivity contribution in [2.24, 2.45) is 0 Å². The Morgan fingerprint density at radius 3 is 1.55 bits per heavy atom. The van der Waals surface area contributed by atoms with E-state index in [0.29, 0.717) is 6.61 Å². The molecule has 0 aromatic rings. The molecule has 0 saturated carbocycles. The van der Waals surface area contributed by atoms with Crippen LogP contribution in [0.25, 0.3) is 0 Å². The van der Waals surface area contributed by atoms with Crippen molar-refractivity contribution < 1.29 is 44.2 Å². The summed E-state index contributed by atoms with van der Waals surface area (Å²) in [6.07, 6.45) is 19.2. The largest absolute Gasteiger partial charge is 0.458 e. The minimum atomic E-state index is -1.52. The standard InChI is InChI=1S/C33H64O9/c1-3-4-5-6-7-8-9-10-11-12-13-14-15-16-17-18-19-20-21-22-23-39-25-28(41-27(2)35)26-40-33-32(38)31(37)30(36)29(24-34)42-33/h28-34,36-38H,3-26H2,1-2H3. The zero-order valence-corrected chi connectivity index (χ0v) is 26.8. The molecular formula is C33H64O9. The van der Waals surface area contributed by atoms with Gasteiger partial charge in [-0.1, -0.05) is 129 Å². The average molecular weight is 605 g/mol. The number of carbonyl (C=O) groups excluding carboxylic acids is 1. The Morgan fingerprint density at radius 2 is 1.12 bits per heavy atom. The lowest BCUT2D eigenvalue weighted by Gasteiger charge is -2.39. The molecule has 250 valence electrons. The van der Waals surface area contributed by atoms with Crippen LogP contribution in [0.1, 0.15) is 142 Å². The topological polar surface area (TPSA) is 135 Å². The zero-order valence-electron chi connectivity index (χ0n) is 26.8. The first-order valence-electron chi connectivity index (χ1n) is 17.1. The number of ether oxygens (including phenoxy) is 4. The Bertz CT molecular complexity index is 618.